The zero-order valence-electron chi connectivity index (χ0n) is 15.9. The SMILES string of the molecule is CC1=Cc2c(cccc2C2C(c3ccc(C(F)(F)F)cc3)=Cc3ccccc32)C1. The molecule has 0 aliphatic heterocycles. The van der Waals surface area contributed by atoms with Gasteiger partial charge in [0, 0.05) is 5.92 Å². The van der Waals surface area contributed by atoms with E-state index in [1.54, 1.807) is 12.1 Å². The molecule has 0 saturated heterocycles. The molecule has 2 aliphatic rings. The first-order valence-electron chi connectivity index (χ1n) is 9.69. The number of rotatable bonds is 2. The third-order valence-electron chi connectivity index (χ3n) is 5.88. The first kappa shape index (κ1) is 18.0. The van der Waals surface area contributed by atoms with Crippen LogP contribution in [0.4, 0.5) is 13.2 Å². The molecule has 5 rings (SSSR count). The van der Waals surface area contributed by atoms with Gasteiger partial charge in [0.15, 0.2) is 0 Å². The van der Waals surface area contributed by atoms with E-state index < -0.39 is 11.7 Å². The van der Waals surface area contributed by atoms with Crippen LogP contribution < -0.4 is 0 Å². The van der Waals surface area contributed by atoms with Crippen molar-refractivity contribution in [1.82, 2.24) is 0 Å². The van der Waals surface area contributed by atoms with E-state index in [9.17, 15) is 13.2 Å². The van der Waals surface area contributed by atoms with Crippen LogP contribution in [0.25, 0.3) is 17.7 Å². The minimum absolute atomic E-state index is 0.0139. The number of hydrogen-bond donors (Lipinski definition) is 0. The molecule has 0 saturated carbocycles. The molecule has 29 heavy (non-hydrogen) atoms. The first-order chi connectivity index (χ1) is 13.9. The van der Waals surface area contributed by atoms with Crippen molar-refractivity contribution < 1.29 is 13.2 Å². The molecule has 3 aromatic rings. The summed E-state index contributed by atoms with van der Waals surface area (Å²) in [5, 5.41) is 0. The van der Waals surface area contributed by atoms with E-state index in [1.165, 1.54) is 40.0 Å². The molecule has 0 spiro atoms. The maximum atomic E-state index is 13.0. The van der Waals surface area contributed by atoms with Gasteiger partial charge in [0.1, 0.15) is 0 Å². The van der Waals surface area contributed by atoms with Crippen molar-refractivity contribution in [1.29, 1.82) is 0 Å². The van der Waals surface area contributed by atoms with Crippen molar-refractivity contribution in [2.45, 2.75) is 25.4 Å². The standard InChI is InChI=1S/C26H19F3/c1-16-13-18-6-4-8-22(23(18)14-16)25-21-7-3-2-5-19(21)15-24(25)17-9-11-20(12-10-17)26(27,28)29/h2-12,14-15,25H,13H2,1H3. The summed E-state index contributed by atoms with van der Waals surface area (Å²) in [6, 6.07) is 20.2. The van der Waals surface area contributed by atoms with Crippen LogP contribution in [0.15, 0.2) is 72.3 Å². The summed E-state index contributed by atoms with van der Waals surface area (Å²) < 4.78 is 39.1. The van der Waals surface area contributed by atoms with Crippen molar-refractivity contribution in [3.63, 3.8) is 0 Å². The van der Waals surface area contributed by atoms with Gasteiger partial charge in [-0.05, 0) is 70.5 Å². The van der Waals surface area contributed by atoms with Gasteiger partial charge in [-0.2, -0.15) is 13.2 Å². The van der Waals surface area contributed by atoms with Crippen LogP contribution in [0, 0.1) is 0 Å². The van der Waals surface area contributed by atoms with Crippen molar-refractivity contribution in [2.75, 3.05) is 0 Å². The largest absolute Gasteiger partial charge is 0.416 e. The second-order valence-corrected chi connectivity index (χ2v) is 7.82. The molecule has 0 N–H and O–H groups in total. The highest BCUT2D eigenvalue weighted by Gasteiger charge is 2.32. The van der Waals surface area contributed by atoms with Gasteiger partial charge in [-0.3, -0.25) is 0 Å². The Hall–Kier alpha value is -3.07. The Balaban J connectivity index is 1.66. The fourth-order valence-corrected chi connectivity index (χ4v) is 4.57. The van der Waals surface area contributed by atoms with E-state index in [0.717, 1.165) is 23.1 Å². The lowest BCUT2D eigenvalue weighted by molar-refractivity contribution is -0.137. The minimum Gasteiger partial charge on any atom is -0.166 e. The van der Waals surface area contributed by atoms with Crippen LogP contribution in [0.1, 0.15) is 51.8 Å². The molecule has 0 radical (unpaired) electrons. The monoisotopic (exact) mass is 388 g/mol. The minimum atomic E-state index is -4.33. The maximum absolute atomic E-state index is 13.0. The average Bonchev–Trinajstić information content (AvgIpc) is 3.27. The second-order valence-electron chi connectivity index (χ2n) is 7.82. The molecule has 0 aromatic heterocycles. The number of allylic oxidation sites excluding steroid dienone is 2. The first-order valence-corrected chi connectivity index (χ1v) is 9.69. The van der Waals surface area contributed by atoms with Gasteiger partial charge in [0.05, 0.1) is 5.56 Å². The highest BCUT2D eigenvalue weighted by molar-refractivity contribution is 5.94. The van der Waals surface area contributed by atoms with Crippen LogP contribution in [0.2, 0.25) is 0 Å². The van der Waals surface area contributed by atoms with Crippen molar-refractivity contribution in [2.24, 2.45) is 0 Å². The van der Waals surface area contributed by atoms with Gasteiger partial charge in [0.25, 0.3) is 0 Å². The third kappa shape index (κ3) is 3.02. The fraction of sp³-hybridized carbons (Fsp3) is 0.154. The van der Waals surface area contributed by atoms with E-state index in [1.807, 2.05) is 12.1 Å². The molecule has 1 unspecified atom stereocenters. The molecule has 1 atom stereocenters. The van der Waals surface area contributed by atoms with Crippen LogP contribution in [-0.2, 0) is 12.6 Å². The Kier molecular flexibility index (Phi) is 4.02. The number of hydrogen-bond acceptors (Lipinski definition) is 0. The summed E-state index contributed by atoms with van der Waals surface area (Å²) in [4.78, 5) is 0. The van der Waals surface area contributed by atoms with E-state index in [2.05, 4.69) is 49.4 Å². The van der Waals surface area contributed by atoms with Crippen molar-refractivity contribution >= 4 is 17.7 Å². The Morgan fingerprint density at radius 2 is 1.52 bits per heavy atom. The molecule has 3 heteroatoms. The van der Waals surface area contributed by atoms with Gasteiger partial charge < -0.3 is 0 Å². The van der Waals surface area contributed by atoms with E-state index in [-0.39, 0.29) is 5.92 Å². The van der Waals surface area contributed by atoms with Gasteiger partial charge >= 0.3 is 6.18 Å². The predicted octanol–water partition coefficient (Wildman–Crippen LogP) is 7.35. The lowest BCUT2D eigenvalue weighted by Gasteiger charge is -2.21. The molecular weight excluding hydrogens is 369 g/mol. The Labute approximate surface area is 168 Å². The molecule has 2 aliphatic carbocycles. The lowest BCUT2D eigenvalue weighted by atomic mass is 9.82. The number of benzene rings is 3. The summed E-state index contributed by atoms with van der Waals surface area (Å²) in [7, 11) is 0. The van der Waals surface area contributed by atoms with Crippen molar-refractivity contribution in [3.05, 3.63) is 111 Å². The molecule has 144 valence electrons. The molecule has 0 fully saturated rings. The van der Waals surface area contributed by atoms with E-state index >= 15 is 0 Å². The summed E-state index contributed by atoms with van der Waals surface area (Å²) >= 11 is 0. The number of fused-ring (bicyclic) bond motifs is 2. The van der Waals surface area contributed by atoms with Gasteiger partial charge in [0.2, 0.25) is 0 Å². The smallest absolute Gasteiger partial charge is 0.166 e. The lowest BCUT2D eigenvalue weighted by Crippen LogP contribution is -2.06. The van der Waals surface area contributed by atoms with Crippen LogP contribution in [0.5, 0.6) is 0 Å². The number of alkyl halides is 3. The Morgan fingerprint density at radius 3 is 2.28 bits per heavy atom. The normalized spacial score (nSPS) is 17.6. The number of halogens is 3. The summed E-state index contributed by atoms with van der Waals surface area (Å²) in [6.45, 7) is 2.14. The van der Waals surface area contributed by atoms with Crippen LogP contribution in [-0.4, -0.2) is 0 Å². The predicted molar refractivity (Wildman–Crippen MR) is 111 cm³/mol. The van der Waals surface area contributed by atoms with Crippen LogP contribution in [0.3, 0.4) is 0 Å². The molecular formula is C26H19F3. The zero-order chi connectivity index (χ0) is 20.2. The molecule has 0 heterocycles. The fourth-order valence-electron chi connectivity index (χ4n) is 4.57. The molecule has 0 nitrogen and oxygen atoms in total. The Morgan fingerprint density at radius 1 is 0.793 bits per heavy atom. The zero-order valence-corrected chi connectivity index (χ0v) is 15.9. The topological polar surface area (TPSA) is 0 Å². The van der Waals surface area contributed by atoms with Gasteiger partial charge in [-0.25, -0.2) is 0 Å². The molecule has 0 bridgehead atoms. The van der Waals surface area contributed by atoms with E-state index in [4.69, 9.17) is 0 Å². The van der Waals surface area contributed by atoms with Crippen LogP contribution >= 0.6 is 0 Å². The van der Waals surface area contributed by atoms with Crippen molar-refractivity contribution in [3.8, 4) is 0 Å². The maximum Gasteiger partial charge on any atom is 0.416 e. The average molecular weight is 388 g/mol. The van der Waals surface area contributed by atoms with E-state index in [0.29, 0.717) is 0 Å². The summed E-state index contributed by atoms with van der Waals surface area (Å²) in [5.74, 6) is 0.0139. The third-order valence-corrected chi connectivity index (χ3v) is 5.88. The quantitative estimate of drug-likeness (QED) is 0.430. The summed E-state index contributed by atoms with van der Waals surface area (Å²) in [6.07, 6.45) is 0.994. The highest BCUT2D eigenvalue weighted by Crippen LogP contribution is 2.48. The second kappa shape index (κ2) is 6.48. The molecule has 0 amide bonds. The van der Waals surface area contributed by atoms with Gasteiger partial charge in [-0.15, -0.1) is 0 Å². The highest BCUT2D eigenvalue weighted by atomic mass is 19.4. The summed E-state index contributed by atoms with van der Waals surface area (Å²) in [5.41, 5.74) is 8.71. The van der Waals surface area contributed by atoms with Gasteiger partial charge in [-0.1, -0.05) is 66.2 Å². The molecule has 3 aromatic carbocycles. The Bertz CT molecular complexity index is 1160.